The Bertz CT molecular complexity index is 912. The molecule has 164 valence electrons. The van der Waals surface area contributed by atoms with Gasteiger partial charge < -0.3 is 10.1 Å². The van der Waals surface area contributed by atoms with Crippen LogP contribution in [-0.2, 0) is 14.8 Å². The number of hydrogen-bond donors (Lipinski definition) is 1. The van der Waals surface area contributed by atoms with E-state index in [1.807, 2.05) is 37.3 Å². The number of amides is 1. The highest BCUT2D eigenvalue weighted by Gasteiger charge is 2.30. The second kappa shape index (κ2) is 10.5. The smallest absolute Gasteiger partial charge is 0.244 e. The molecule has 2 rings (SSSR count). The highest BCUT2D eigenvalue weighted by molar-refractivity contribution is 7.92. The van der Waals surface area contributed by atoms with Crippen LogP contribution in [0.1, 0.15) is 45.7 Å². The van der Waals surface area contributed by atoms with E-state index in [4.69, 9.17) is 4.74 Å². The Hall–Kier alpha value is -2.54. The van der Waals surface area contributed by atoms with Gasteiger partial charge in [0.05, 0.1) is 24.6 Å². The second-order valence-corrected chi connectivity index (χ2v) is 9.62. The average molecular weight is 433 g/mol. The monoisotopic (exact) mass is 432 g/mol. The minimum Gasteiger partial charge on any atom is -0.494 e. The van der Waals surface area contributed by atoms with Crippen molar-refractivity contribution in [1.29, 1.82) is 0 Å². The van der Waals surface area contributed by atoms with Crippen LogP contribution in [0.15, 0.2) is 54.6 Å². The second-order valence-electron chi connectivity index (χ2n) is 7.76. The number of rotatable bonds is 10. The Labute approximate surface area is 180 Å². The van der Waals surface area contributed by atoms with Crippen LogP contribution in [0.25, 0.3) is 0 Å². The van der Waals surface area contributed by atoms with Crippen LogP contribution in [0.4, 0.5) is 5.69 Å². The van der Waals surface area contributed by atoms with Crippen molar-refractivity contribution in [2.45, 2.75) is 46.2 Å². The molecule has 2 atom stereocenters. The molecule has 0 saturated heterocycles. The molecule has 2 aromatic rings. The lowest BCUT2D eigenvalue weighted by molar-refractivity contribution is -0.122. The van der Waals surface area contributed by atoms with Crippen molar-refractivity contribution in [3.05, 3.63) is 60.2 Å². The summed E-state index contributed by atoms with van der Waals surface area (Å²) in [5, 5.41) is 3.05. The van der Waals surface area contributed by atoms with E-state index in [0.29, 0.717) is 24.0 Å². The molecule has 0 saturated carbocycles. The van der Waals surface area contributed by atoms with Crippen LogP contribution in [0.2, 0.25) is 0 Å². The standard InChI is InChI=1S/C23H32N2O4S/c1-6-29-21-14-12-20(13-15-21)25(30(5,27)28)18(4)23(26)24-22(16-17(2)3)19-10-8-7-9-11-19/h7-15,17-18,22H,6,16H2,1-5H3,(H,24,26)/t18-,22+/m0/s1. The van der Waals surface area contributed by atoms with Crippen molar-refractivity contribution in [3.8, 4) is 5.75 Å². The molecule has 1 N–H and O–H groups in total. The van der Waals surface area contributed by atoms with E-state index in [-0.39, 0.29) is 11.9 Å². The third kappa shape index (κ3) is 6.49. The molecule has 0 aliphatic heterocycles. The lowest BCUT2D eigenvalue weighted by atomic mass is 9.96. The van der Waals surface area contributed by atoms with Crippen LogP contribution >= 0.6 is 0 Å². The summed E-state index contributed by atoms with van der Waals surface area (Å²) in [6, 6.07) is 15.3. The summed E-state index contributed by atoms with van der Waals surface area (Å²) >= 11 is 0. The summed E-state index contributed by atoms with van der Waals surface area (Å²) in [5.41, 5.74) is 1.42. The molecule has 0 heterocycles. The molecular formula is C23H32N2O4S. The quantitative estimate of drug-likeness (QED) is 0.612. The van der Waals surface area contributed by atoms with Crippen LogP contribution in [0, 0.1) is 5.92 Å². The van der Waals surface area contributed by atoms with Gasteiger partial charge in [0, 0.05) is 0 Å². The first kappa shape index (κ1) is 23.7. The molecule has 6 nitrogen and oxygen atoms in total. The van der Waals surface area contributed by atoms with Crippen molar-refractivity contribution in [1.82, 2.24) is 5.32 Å². The molecular weight excluding hydrogens is 400 g/mol. The number of sulfonamides is 1. The van der Waals surface area contributed by atoms with Gasteiger partial charge in [-0.15, -0.1) is 0 Å². The summed E-state index contributed by atoms with van der Waals surface area (Å²) in [5.74, 6) is 0.666. The highest BCUT2D eigenvalue weighted by Crippen LogP contribution is 2.26. The average Bonchev–Trinajstić information content (AvgIpc) is 2.68. The molecule has 0 aliphatic carbocycles. The molecule has 0 aromatic heterocycles. The van der Waals surface area contributed by atoms with E-state index < -0.39 is 16.1 Å². The predicted molar refractivity (Wildman–Crippen MR) is 121 cm³/mol. The van der Waals surface area contributed by atoms with Crippen molar-refractivity contribution in [2.24, 2.45) is 5.92 Å². The molecule has 0 fully saturated rings. The number of hydrogen-bond acceptors (Lipinski definition) is 4. The maximum absolute atomic E-state index is 13.1. The summed E-state index contributed by atoms with van der Waals surface area (Å²) in [6.07, 6.45) is 1.86. The Morgan fingerprint density at radius 1 is 1.03 bits per heavy atom. The number of nitrogens with one attached hydrogen (secondary N) is 1. The lowest BCUT2D eigenvalue weighted by Gasteiger charge is -2.30. The Morgan fingerprint density at radius 2 is 1.63 bits per heavy atom. The summed E-state index contributed by atoms with van der Waals surface area (Å²) in [7, 11) is -3.68. The van der Waals surface area contributed by atoms with E-state index in [1.165, 1.54) is 0 Å². The van der Waals surface area contributed by atoms with E-state index in [2.05, 4.69) is 19.2 Å². The van der Waals surface area contributed by atoms with Gasteiger partial charge in [-0.25, -0.2) is 8.42 Å². The number of benzene rings is 2. The van der Waals surface area contributed by atoms with Crippen LogP contribution < -0.4 is 14.4 Å². The van der Waals surface area contributed by atoms with Gasteiger partial charge in [0.25, 0.3) is 0 Å². The minimum atomic E-state index is -3.68. The van der Waals surface area contributed by atoms with E-state index in [1.54, 1.807) is 31.2 Å². The Balaban J connectivity index is 2.28. The predicted octanol–water partition coefficient (Wildman–Crippen LogP) is 4.14. The number of ether oxygens (including phenoxy) is 1. The van der Waals surface area contributed by atoms with Gasteiger partial charge in [-0.1, -0.05) is 44.2 Å². The molecule has 1 amide bonds. The number of anilines is 1. The van der Waals surface area contributed by atoms with Crippen LogP contribution in [0.3, 0.4) is 0 Å². The molecule has 7 heteroatoms. The van der Waals surface area contributed by atoms with Gasteiger partial charge in [-0.3, -0.25) is 9.10 Å². The zero-order chi connectivity index (χ0) is 22.3. The zero-order valence-corrected chi connectivity index (χ0v) is 19.1. The minimum absolute atomic E-state index is 0.192. The van der Waals surface area contributed by atoms with Gasteiger partial charge in [0.2, 0.25) is 15.9 Å². The topological polar surface area (TPSA) is 75.7 Å². The van der Waals surface area contributed by atoms with E-state index >= 15 is 0 Å². The summed E-state index contributed by atoms with van der Waals surface area (Å²) in [4.78, 5) is 13.1. The zero-order valence-electron chi connectivity index (χ0n) is 18.3. The van der Waals surface area contributed by atoms with E-state index in [0.717, 1.165) is 22.5 Å². The van der Waals surface area contributed by atoms with Crippen molar-refractivity contribution >= 4 is 21.6 Å². The number of carbonyl (C=O) groups is 1. The lowest BCUT2D eigenvalue weighted by Crippen LogP contribution is -2.48. The van der Waals surface area contributed by atoms with Crippen LogP contribution in [-0.4, -0.2) is 33.2 Å². The summed E-state index contributed by atoms with van der Waals surface area (Å²) < 4.78 is 31.6. The van der Waals surface area contributed by atoms with Crippen molar-refractivity contribution in [2.75, 3.05) is 17.2 Å². The molecule has 0 radical (unpaired) electrons. The largest absolute Gasteiger partial charge is 0.494 e. The Kier molecular flexibility index (Phi) is 8.29. The number of nitrogens with zero attached hydrogens (tertiary/aromatic N) is 1. The van der Waals surface area contributed by atoms with Crippen LogP contribution in [0.5, 0.6) is 5.75 Å². The number of carbonyl (C=O) groups excluding carboxylic acids is 1. The molecule has 30 heavy (non-hydrogen) atoms. The molecule has 0 unspecified atom stereocenters. The summed E-state index contributed by atoms with van der Waals surface area (Å²) in [6.45, 7) is 8.18. The first-order valence-electron chi connectivity index (χ1n) is 10.2. The highest BCUT2D eigenvalue weighted by atomic mass is 32.2. The fourth-order valence-electron chi connectivity index (χ4n) is 3.39. The maximum Gasteiger partial charge on any atom is 0.244 e. The van der Waals surface area contributed by atoms with E-state index in [9.17, 15) is 13.2 Å². The third-order valence-electron chi connectivity index (χ3n) is 4.72. The Morgan fingerprint density at radius 3 is 2.13 bits per heavy atom. The van der Waals surface area contributed by atoms with Gasteiger partial charge in [-0.05, 0) is 56.0 Å². The fourth-order valence-corrected chi connectivity index (χ4v) is 4.57. The van der Waals surface area contributed by atoms with Gasteiger partial charge in [0.15, 0.2) is 0 Å². The normalized spacial score (nSPS) is 13.5. The third-order valence-corrected chi connectivity index (χ3v) is 5.96. The molecule has 0 bridgehead atoms. The first-order valence-corrected chi connectivity index (χ1v) is 12.1. The van der Waals surface area contributed by atoms with Gasteiger partial charge >= 0.3 is 0 Å². The molecule has 0 aliphatic rings. The maximum atomic E-state index is 13.1. The van der Waals surface area contributed by atoms with Crippen molar-refractivity contribution in [3.63, 3.8) is 0 Å². The van der Waals surface area contributed by atoms with Crippen molar-refractivity contribution < 1.29 is 17.9 Å². The molecule has 2 aromatic carbocycles. The SMILES string of the molecule is CCOc1ccc(N([C@@H](C)C(=O)N[C@H](CC(C)C)c2ccccc2)S(C)(=O)=O)cc1. The first-order chi connectivity index (χ1) is 14.1. The fraction of sp³-hybridized carbons (Fsp3) is 0.435. The van der Waals surface area contributed by atoms with Gasteiger partial charge in [0.1, 0.15) is 11.8 Å². The van der Waals surface area contributed by atoms with Gasteiger partial charge in [-0.2, -0.15) is 0 Å². The molecule has 0 spiro atoms.